The van der Waals surface area contributed by atoms with Crippen molar-refractivity contribution in [1.29, 1.82) is 0 Å². The number of nitrogens with zero attached hydrogens (tertiary/aromatic N) is 2. The zero-order valence-electron chi connectivity index (χ0n) is 17.7. The minimum absolute atomic E-state index is 0.0612. The maximum atomic E-state index is 13.4. The molecule has 2 N–H and O–H groups in total. The number of ether oxygens (including phenoxy) is 1. The topological polar surface area (TPSA) is 108 Å². The minimum Gasteiger partial charge on any atom is -0.505 e. The molecule has 9 heteroatoms. The number of amides is 1. The molecule has 3 aromatic carbocycles. The van der Waals surface area contributed by atoms with Crippen molar-refractivity contribution in [2.75, 3.05) is 7.11 Å². The first-order valence-corrected chi connectivity index (χ1v) is 11.4. The smallest absolute Gasteiger partial charge is 0.292 e. The Balaban J connectivity index is 1.68. The molecule has 0 radical (unpaired) electrons. The van der Waals surface area contributed by atoms with Crippen molar-refractivity contribution < 1.29 is 23.1 Å². The Kier molecular flexibility index (Phi) is 6.14. The lowest BCUT2D eigenvalue weighted by molar-refractivity contribution is -0.118. The standard InChI is InChI=1S/C24H21N3O5S/c1-32-19-13-11-17(12-14-19)15-25-26-24(29)22-23(28)20-9-5-6-10-21(20)33(30,31)27(22)16-18-7-3-2-4-8-18/h2-15,28H,16H2,1H3,(H,26,29)/b25-15+. The number of aliphatic hydroxyl groups excluding tert-OH is 1. The predicted molar refractivity (Wildman–Crippen MR) is 124 cm³/mol. The summed E-state index contributed by atoms with van der Waals surface area (Å²) in [4.78, 5) is 13.0. The van der Waals surface area contributed by atoms with Gasteiger partial charge in [0, 0.05) is 5.56 Å². The number of hydrogen-bond acceptors (Lipinski definition) is 6. The van der Waals surface area contributed by atoms with Crippen LogP contribution in [0.15, 0.2) is 94.6 Å². The number of sulfonamides is 1. The summed E-state index contributed by atoms with van der Waals surface area (Å²) < 4.78 is 32.8. The highest BCUT2D eigenvalue weighted by Crippen LogP contribution is 2.36. The molecule has 33 heavy (non-hydrogen) atoms. The van der Waals surface area contributed by atoms with E-state index in [1.54, 1.807) is 73.8 Å². The third-order valence-electron chi connectivity index (χ3n) is 5.06. The third-order valence-corrected chi connectivity index (χ3v) is 6.87. The van der Waals surface area contributed by atoms with Gasteiger partial charge in [0.1, 0.15) is 5.75 Å². The number of carbonyl (C=O) groups excluding carboxylic acids is 1. The maximum absolute atomic E-state index is 13.4. The van der Waals surface area contributed by atoms with Crippen LogP contribution in [0, 0.1) is 0 Å². The van der Waals surface area contributed by atoms with E-state index < -0.39 is 27.4 Å². The van der Waals surface area contributed by atoms with Crippen molar-refractivity contribution in [1.82, 2.24) is 9.73 Å². The Morgan fingerprint density at radius 2 is 1.70 bits per heavy atom. The number of hydrogen-bond donors (Lipinski definition) is 2. The Labute approximate surface area is 191 Å². The molecular formula is C24H21N3O5S. The molecule has 0 aliphatic carbocycles. The van der Waals surface area contributed by atoms with Crippen LogP contribution in [0.4, 0.5) is 0 Å². The van der Waals surface area contributed by atoms with Gasteiger partial charge in [0.25, 0.3) is 15.9 Å². The second-order valence-electron chi connectivity index (χ2n) is 7.16. The molecule has 0 spiro atoms. The predicted octanol–water partition coefficient (Wildman–Crippen LogP) is 3.28. The summed E-state index contributed by atoms with van der Waals surface area (Å²) in [6, 6.07) is 21.8. The normalized spacial score (nSPS) is 14.8. The molecule has 8 nitrogen and oxygen atoms in total. The van der Waals surface area contributed by atoms with Gasteiger partial charge >= 0.3 is 0 Å². The third kappa shape index (κ3) is 4.44. The minimum atomic E-state index is -4.10. The van der Waals surface area contributed by atoms with E-state index in [1.807, 2.05) is 0 Å². The molecule has 0 atom stereocenters. The van der Waals surface area contributed by atoms with Crippen LogP contribution in [-0.4, -0.2) is 37.1 Å². The van der Waals surface area contributed by atoms with Crippen molar-refractivity contribution in [2.24, 2.45) is 5.10 Å². The summed E-state index contributed by atoms with van der Waals surface area (Å²) in [5.74, 6) is -0.617. The van der Waals surface area contributed by atoms with Crippen molar-refractivity contribution in [2.45, 2.75) is 11.4 Å². The van der Waals surface area contributed by atoms with E-state index >= 15 is 0 Å². The van der Waals surface area contributed by atoms with Crippen LogP contribution in [0.3, 0.4) is 0 Å². The molecule has 0 bridgehead atoms. The van der Waals surface area contributed by atoms with Crippen LogP contribution in [-0.2, 0) is 21.4 Å². The van der Waals surface area contributed by atoms with Gasteiger partial charge in [-0.05, 0) is 47.5 Å². The molecule has 1 heterocycles. The van der Waals surface area contributed by atoms with Gasteiger partial charge in [-0.3, -0.25) is 9.10 Å². The number of nitrogens with one attached hydrogen (secondary N) is 1. The first kappa shape index (κ1) is 22.1. The number of carbonyl (C=O) groups is 1. The molecule has 0 saturated carbocycles. The van der Waals surface area contributed by atoms with Gasteiger partial charge in [-0.1, -0.05) is 42.5 Å². The van der Waals surface area contributed by atoms with Gasteiger partial charge in [0.2, 0.25) is 0 Å². The highest BCUT2D eigenvalue weighted by atomic mass is 32.2. The lowest BCUT2D eigenvalue weighted by Crippen LogP contribution is -2.40. The van der Waals surface area contributed by atoms with Crippen molar-refractivity contribution in [3.05, 3.63) is 101 Å². The molecule has 0 unspecified atom stereocenters. The van der Waals surface area contributed by atoms with Crippen LogP contribution in [0.25, 0.3) is 5.76 Å². The van der Waals surface area contributed by atoms with E-state index in [0.29, 0.717) is 16.9 Å². The van der Waals surface area contributed by atoms with Crippen molar-refractivity contribution in [3.8, 4) is 5.75 Å². The summed E-state index contributed by atoms with van der Waals surface area (Å²) in [5, 5.41) is 14.8. The molecular weight excluding hydrogens is 442 g/mol. The van der Waals surface area contributed by atoms with E-state index in [9.17, 15) is 18.3 Å². The fourth-order valence-corrected chi connectivity index (χ4v) is 5.07. The first-order valence-electron chi connectivity index (χ1n) is 9.98. The lowest BCUT2D eigenvalue weighted by Gasteiger charge is -2.31. The maximum Gasteiger partial charge on any atom is 0.292 e. The molecule has 1 aliphatic heterocycles. The number of aliphatic hydroxyl groups is 1. The molecule has 1 amide bonds. The number of methoxy groups -OCH3 is 1. The Morgan fingerprint density at radius 3 is 2.39 bits per heavy atom. The fourth-order valence-electron chi connectivity index (χ4n) is 3.41. The second-order valence-corrected chi connectivity index (χ2v) is 8.99. The van der Waals surface area contributed by atoms with Crippen LogP contribution in [0.1, 0.15) is 16.7 Å². The van der Waals surface area contributed by atoms with Crippen molar-refractivity contribution in [3.63, 3.8) is 0 Å². The van der Waals surface area contributed by atoms with Gasteiger partial charge in [0.05, 0.1) is 24.8 Å². The molecule has 0 saturated heterocycles. The van der Waals surface area contributed by atoms with Crippen LogP contribution in [0.2, 0.25) is 0 Å². The average Bonchev–Trinajstić information content (AvgIpc) is 2.84. The SMILES string of the molecule is COc1ccc(/C=N/NC(=O)C2=C(O)c3ccccc3S(=O)(=O)N2Cc2ccccc2)cc1. The molecule has 0 aromatic heterocycles. The highest BCUT2D eigenvalue weighted by molar-refractivity contribution is 7.89. The number of rotatable bonds is 6. The van der Waals surface area contributed by atoms with E-state index in [2.05, 4.69) is 10.5 Å². The number of fused-ring (bicyclic) bond motifs is 1. The van der Waals surface area contributed by atoms with Crippen LogP contribution in [0.5, 0.6) is 5.75 Å². The molecule has 3 aromatic rings. The molecule has 1 aliphatic rings. The second kappa shape index (κ2) is 9.17. The number of benzene rings is 3. The average molecular weight is 464 g/mol. The molecule has 4 rings (SSSR count). The van der Waals surface area contributed by atoms with Crippen molar-refractivity contribution >= 4 is 27.9 Å². The Hall–Kier alpha value is -4.11. The quantitative estimate of drug-likeness (QED) is 0.431. The van der Waals surface area contributed by atoms with Gasteiger partial charge in [-0.2, -0.15) is 5.10 Å². The largest absolute Gasteiger partial charge is 0.505 e. The van der Waals surface area contributed by atoms with Crippen LogP contribution < -0.4 is 10.2 Å². The zero-order chi connectivity index (χ0) is 23.4. The van der Waals surface area contributed by atoms with E-state index in [4.69, 9.17) is 4.74 Å². The van der Waals surface area contributed by atoms with E-state index in [1.165, 1.54) is 18.3 Å². The summed E-state index contributed by atoms with van der Waals surface area (Å²) in [7, 11) is -2.55. The summed E-state index contributed by atoms with van der Waals surface area (Å²) in [6.45, 7) is -0.132. The molecule has 0 fully saturated rings. The fraction of sp³-hybridized carbons (Fsp3) is 0.0833. The van der Waals surface area contributed by atoms with Crippen LogP contribution >= 0.6 is 0 Å². The van der Waals surface area contributed by atoms with Gasteiger partial charge in [-0.15, -0.1) is 0 Å². The van der Waals surface area contributed by atoms with Gasteiger partial charge < -0.3 is 9.84 Å². The first-order chi connectivity index (χ1) is 15.9. The highest BCUT2D eigenvalue weighted by Gasteiger charge is 2.40. The summed E-state index contributed by atoms with van der Waals surface area (Å²) >= 11 is 0. The summed E-state index contributed by atoms with van der Waals surface area (Å²) in [5.41, 5.74) is 3.33. The van der Waals surface area contributed by atoms with Gasteiger partial charge in [0.15, 0.2) is 11.5 Å². The summed E-state index contributed by atoms with van der Waals surface area (Å²) in [6.07, 6.45) is 1.40. The monoisotopic (exact) mass is 463 g/mol. The lowest BCUT2D eigenvalue weighted by atomic mass is 10.1. The number of hydrazone groups is 1. The van der Waals surface area contributed by atoms with E-state index in [-0.39, 0.29) is 17.0 Å². The van der Waals surface area contributed by atoms with Gasteiger partial charge in [-0.25, -0.2) is 13.8 Å². The zero-order valence-corrected chi connectivity index (χ0v) is 18.5. The molecule has 168 valence electrons. The van der Waals surface area contributed by atoms with E-state index in [0.717, 1.165) is 4.31 Å². The Bertz CT molecular complexity index is 1330. The Morgan fingerprint density at radius 1 is 1.03 bits per heavy atom.